The number of furan rings is 2. The number of hydrogen-bond acceptors (Lipinski definition) is 4. The van der Waals surface area contributed by atoms with Crippen LogP contribution in [0.5, 0.6) is 0 Å². The highest BCUT2D eigenvalue weighted by Gasteiger charge is 2.45. The maximum atomic E-state index is 11.9. The molecule has 0 radical (unpaired) electrons. The molecule has 0 bridgehead atoms. The summed E-state index contributed by atoms with van der Waals surface area (Å²) in [7, 11) is -3.69. The Kier molecular flexibility index (Phi) is 3.67. The molecule has 0 saturated carbocycles. The van der Waals surface area contributed by atoms with Gasteiger partial charge in [-0.1, -0.05) is 42.5 Å². The van der Waals surface area contributed by atoms with Gasteiger partial charge in [-0.25, -0.2) is 13.6 Å². The van der Waals surface area contributed by atoms with Crippen LogP contribution in [-0.2, 0) is 15.4 Å². The minimum Gasteiger partial charge on any atom is -0.468 e. The summed E-state index contributed by atoms with van der Waals surface area (Å²) in [6.45, 7) is 0. The van der Waals surface area contributed by atoms with E-state index in [1.165, 1.54) is 0 Å². The molecule has 2 N–H and O–H groups in total. The van der Waals surface area contributed by atoms with Crippen molar-refractivity contribution in [2.24, 2.45) is 11.1 Å². The maximum absolute atomic E-state index is 11.9. The normalized spacial score (nSPS) is 23.3. The highest BCUT2D eigenvalue weighted by atomic mass is 32.2. The smallest absolute Gasteiger partial charge is 0.209 e. The zero-order valence-electron chi connectivity index (χ0n) is 13.3. The molecule has 0 spiro atoms. The molecule has 0 fully saturated rings. The van der Waals surface area contributed by atoms with Gasteiger partial charge in [0.2, 0.25) is 10.0 Å². The molecule has 1 aliphatic carbocycles. The van der Waals surface area contributed by atoms with E-state index in [-0.39, 0.29) is 5.75 Å². The fraction of sp³-hybridized carbons (Fsp3) is 0.158. The first-order valence-corrected chi connectivity index (χ1v) is 9.59. The van der Waals surface area contributed by atoms with E-state index in [1.54, 1.807) is 18.6 Å². The van der Waals surface area contributed by atoms with Crippen molar-refractivity contribution in [3.05, 3.63) is 84.6 Å². The number of benzene rings is 1. The number of rotatable bonds is 4. The van der Waals surface area contributed by atoms with Crippen molar-refractivity contribution in [3.8, 4) is 0 Å². The van der Waals surface area contributed by atoms with E-state index in [1.807, 2.05) is 54.6 Å². The van der Waals surface area contributed by atoms with Crippen molar-refractivity contribution in [2.75, 3.05) is 5.75 Å². The van der Waals surface area contributed by atoms with Crippen LogP contribution in [0.2, 0.25) is 0 Å². The summed E-state index contributed by atoms with van der Waals surface area (Å²) >= 11 is 0. The molecule has 1 aromatic carbocycles. The van der Waals surface area contributed by atoms with E-state index in [2.05, 4.69) is 0 Å². The molecular formula is C19H17NO4S. The number of sulfonamides is 1. The van der Waals surface area contributed by atoms with Gasteiger partial charge in [-0.2, -0.15) is 0 Å². The third-order valence-corrected chi connectivity index (χ3v) is 5.49. The lowest BCUT2D eigenvalue weighted by Gasteiger charge is -2.36. The molecule has 6 heteroatoms. The predicted octanol–water partition coefficient (Wildman–Crippen LogP) is 3.34. The Labute approximate surface area is 145 Å². The van der Waals surface area contributed by atoms with Gasteiger partial charge in [0, 0.05) is 16.9 Å². The molecule has 3 aromatic rings. The largest absolute Gasteiger partial charge is 0.468 e. The Bertz CT molecular complexity index is 1060. The van der Waals surface area contributed by atoms with Gasteiger partial charge in [0.1, 0.15) is 11.3 Å². The quantitative estimate of drug-likeness (QED) is 0.777. The van der Waals surface area contributed by atoms with E-state index < -0.39 is 21.4 Å². The molecule has 4 rings (SSSR count). The highest BCUT2D eigenvalue weighted by Crippen LogP contribution is 2.47. The van der Waals surface area contributed by atoms with Crippen LogP contribution < -0.4 is 5.14 Å². The lowest BCUT2D eigenvalue weighted by Crippen LogP contribution is -2.40. The van der Waals surface area contributed by atoms with Gasteiger partial charge in [0.15, 0.2) is 0 Å². The monoisotopic (exact) mass is 355 g/mol. The minimum absolute atomic E-state index is 0.200. The van der Waals surface area contributed by atoms with Crippen molar-refractivity contribution in [3.63, 3.8) is 0 Å². The molecule has 2 heterocycles. The van der Waals surface area contributed by atoms with Crippen LogP contribution in [0.1, 0.15) is 11.3 Å². The van der Waals surface area contributed by atoms with E-state index in [4.69, 9.17) is 14.0 Å². The summed E-state index contributed by atoms with van der Waals surface area (Å²) in [6, 6.07) is 11.3. The fourth-order valence-corrected chi connectivity index (χ4v) is 4.49. The lowest BCUT2D eigenvalue weighted by atomic mass is 9.67. The van der Waals surface area contributed by atoms with Crippen LogP contribution in [0.3, 0.4) is 0 Å². The first-order chi connectivity index (χ1) is 12.0. The molecule has 1 unspecified atom stereocenters. The summed E-state index contributed by atoms with van der Waals surface area (Å²) in [6.07, 6.45) is 10.8. The summed E-state index contributed by atoms with van der Waals surface area (Å²) < 4.78 is 35.2. The first-order valence-electron chi connectivity index (χ1n) is 7.88. The lowest BCUT2D eigenvalue weighted by molar-refractivity contribution is 0.378. The Morgan fingerprint density at radius 1 is 1.08 bits per heavy atom. The topological polar surface area (TPSA) is 86.4 Å². The van der Waals surface area contributed by atoms with Crippen LogP contribution in [-0.4, -0.2) is 14.2 Å². The van der Waals surface area contributed by atoms with Crippen LogP contribution in [0, 0.1) is 5.92 Å². The van der Waals surface area contributed by atoms with Crippen molar-refractivity contribution in [2.45, 2.75) is 5.41 Å². The van der Waals surface area contributed by atoms with Gasteiger partial charge in [-0.05, 0) is 18.2 Å². The Hall–Kier alpha value is -2.57. The van der Waals surface area contributed by atoms with Crippen LogP contribution in [0.4, 0.5) is 0 Å². The van der Waals surface area contributed by atoms with Crippen molar-refractivity contribution >= 4 is 21.0 Å². The number of primary sulfonamides is 1. The van der Waals surface area contributed by atoms with E-state index >= 15 is 0 Å². The Morgan fingerprint density at radius 3 is 2.68 bits per heavy atom. The zero-order chi connectivity index (χ0) is 17.5. The van der Waals surface area contributed by atoms with Gasteiger partial charge in [-0.15, -0.1) is 0 Å². The third kappa shape index (κ3) is 2.63. The molecule has 0 saturated heterocycles. The summed E-state index contributed by atoms with van der Waals surface area (Å²) in [5, 5.41) is 6.28. The number of nitrogens with two attached hydrogens (primary N) is 1. The number of fused-ring (bicyclic) bond motifs is 1. The zero-order valence-corrected chi connectivity index (χ0v) is 14.1. The second-order valence-electron chi connectivity index (χ2n) is 6.17. The van der Waals surface area contributed by atoms with Gasteiger partial charge < -0.3 is 8.83 Å². The van der Waals surface area contributed by atoms with E-state index in [0.717, 1.165) is 16.5 Å². The average Bonchev–Trinajstić information content (AvgIpc) is 3.24. The molecule has 2 aromatic heterocycles. The SMILES string of the molecule is NS(=O)(=O)C[C@@H]1C=CC=CC1(c1ccco1)c1coc2ccccc12. The van der Waals surface area contributed by atoms with Crippen molar-refractivity contribution in [1.82, 2.24) is 0 Å². The third-order valence-electron chi connectivity index (χ3n) is 4.67. The summed E-state index contributed by atoms with van der Waals surface area (Å²) in [5.41, 5.74) is 0.783. The highest BCUT2D eigenvalue weighted by molar-refractivity contribution is 7.89. The molecule has 1 aliphatic rings. The van der Waals surface area contributed by atoms with E-state index in [9.17, 15) is 8.42 Å². The van der Waals surface area contributed by atoms with Gasteiger partial charge in [-0.3, -0.25) is 0 Å². The fourth-order valence-electron chi connectivity index (χ4n) is 3.62. The van der Waals surface area contributed by atoms with Crippen LogP contribution in [0.15, 0.2) is 82.1 Å². The van der Waals surface area contributed by atoms with Crippen molar-refractivity contribution in [1.29, 1.82) is 0 Å². The second kappa shape index (κ2) is 5.75. The number of allylic oxidation sites excluding steroid dienone is 4. The minimum atomic E-state index is -3.69. The molecule has 0 aliphatic heterocycles. The van der Waals surface area contributed by atoms with Gasteiger partial charge in [0.25, 0.3) is 0 Å². The number of para-hydroxylation sites is 1. The Balaban J connectivity index is 2.00. The second-order valence-corrected chi connectivity index (χ2v) is 7.83. The molecule has 2 atom stereocenters. The standard InChI is InChI=1S/C19H17NO4S/c20-25(21,22)13-14-6-3-4-10-19(14,18-9-5-11-23-18)16-12-24-17-8-2-1-7-15(16)17/h1-12,14H,13H2,(H2,20,21,22)/t14-,19?/m0/s1. The number of hydrogen-bond donors (Lipinski definition) is 1. The van der Waals surface area contributed by atoms with Crippen LogP contribution in [0.25, 0.3) is 11.0 Å². The molecule has 128 valence electrons. The maximum Gasteiger partial charge on any atom is 0.209 e. The first kappa shape index (κ1) is 15.9. The van der Waals surface area contributed by atoms with Crippen molar-refractivity contribution < 1.29 is 17.3 Å². The molecule has 5 nitrogen and oxygen atoms in total. The predicted molar refractivity (Wildman–Crippen MR) is 95.4 cm³/mol. The average molecular weight is 355 g/mol. The molecule has 25 heavy (non-hydrogen) atoms. The summed E-state index contributed by atoms with van der Waals surface area (Å²) in [4.78, 5) is 0. The van der Waals surface area contributed by atoms with Gasteiger partial charge >= 0.3 is 0 Å². The molecular weight excluding hydrogens is 338 g/mol. The van der Waals surface area contributed by atoms with E-state index in [0.29, 0.717) is 5.76 Å². The Morgan fingerprint density at radius 2 is 1.92 bits per heavy atom. The summed E-state index contributed by atoms with van der Waals surface area (Å²) in [5.74, 6) is 0.0292. The molecule has 0 amide bonds. The van der Waals surface area contributed by atoms with Crippen LogP contribution >= 0.6 is 0 Å². The van der Waals surface area contributed by atoms with Gasteiger partial charge in [0.05, 0.1) is 23.7 Å².